The van der Waals surface area contributed by atoms with E-state index in [0.717, 1.165) is 18.6 Å². The van der Waals surface area contributed by atoms with Crippen molar-refractivity contribution in [1.29, 1.82) is 0 Å². The number of halogens is 1. The van der Waals surface area contributed by atoms with Crippen LogP contribution in [0.4, 0.5) is 0 Å². The number of hydrogen-bond acceptors (Lipinski definition) is 3. The van der Waals surface area contributed by atoms with Gasteiger partial charge in [-0.15, -0.1) is 0 Å². The molecule has 0 heterocycles. The van der Waals surface area contributed by atoms with E-state index in [1.54, 1.807) is 12.1 Å². The predicted molar refractivity (Wildman–Crippen MR) is 105 cm³/mol. The zero-order valence-corrected chi connectivity index (χ0v) is 16.1. The van der Waals surface area contributed by atoms with Crippen molar-refractivity contribution in [3.63, 3.8) is 0 Å². The van der Waals surface area contributed by atoms with Gasteiger partial charge in [0.25, 0.3) is 5.91 Å². The van der Waals surface area contributed by atoms with E-state index in [0.29, 0.717) is 30.3 Å². The fraction of sp³-hybridized carbons (Fsp3) is 0.381. The number of hydrogen-bond donors (Lipinski definition) is 1. The van der Waals surface area contributed by atoms with Crippen molar-refractivity contribution >= 4 is 17.5 Å². The highest BCUT2D eigenvalue weighted by Crippen LogP contribution is 2.24. The van der Waals surface area contributed by atoms with Gasteiger partial charge in [-0.2, -0.15) is 0 Å². The first-order valence-corrected chi connectivity index (χ1v) is 9.42. The lowest BCUT2D eigenvalue weighted by Crippen LogP contribution is -2.39. The van der Waals surface area contributed by atoms with Gasteiger partial charge in [0.2, 0.25) is 0 Å². The number of para-hydroxylation sites is 1. The van der Waals surface area contributed by atoms with Gasteiger partial charge in [0.05, 0.1) is 11.6 Å². The Morgan fingerprint density at radius 3 is 2.50 bits per heavy atom. The molecule has 0 unspecified atom stereocenters. The number of amides is 1. The second-order valence-electron chi connectivity index (χ2n) is 5.98. The molecule has 1 N–H and O–H groups in total. The maximum Gasteiger partial charge on any atom is 0.261 e. The van der Waals surface area contributed by atoms with E-state index in [4.69, 9.17) is 21.1 Å². The summed E-state index contributed by atoms with van der Waals surface area (Å²) in [6.45, 7) is 4.88. The monoisotopic (exact) mass is 375 g/mol. The number of nitrogens with one attached hydrogen (secondary N) is 1. The van der Waals surface area contributed by atoms with Crippen molar-refractivity contribution < 1.29 is 14.3 Å². The number of carbonyl (C=O) groups is 1. The summed E-state index contributed by atoms with van der Waals surface area (Å²) in [7, 11) is 0. The second kappa shape index (κ2) is 10.7. The number of ether oxygens (including phenoxy) is 2. The van der Waals surface area contributed by atoms with E-state index < -0.39 is 6.10 Å². The molecule has 2 aromatic carbocycles. The van der Waals surface area contributed by atoms with Crippen LogP contribution < -0.4 is 14.8 Å². The van der Waals surface area contributed by atoms with Crippen LogP contribution in [0.5, 0.6) is 11.5 Å². The Kier molecular flexibility index (Phi) is 8.29. The largest absolute Gasteiger partial charge is 0.492 e. The van der Waals surface area contributed by atoms with Crippen LogP contribution in [0.3, 0.4) is 0 Å². The second-order valence-corrected chi connectivity index (χ2v) is 6.39. The Morgan fingerprint density at radius 1 is 1.12 bits per heavy atom. The van der Waals surface area contributed by atoms with E-state index in [1.807, 2.05) is 31.2 Å². The topological polar surface area (TPSA) is 47.6 Å². The Labute approximate surface area is 160 Å². The number of benzene rings is 2. The molecule has 0 fully saturated rings. The van der Waals surface area contributed by atoms with Gasteiger partial charge in [0.15, 0.2) is 6.10 Å². The Morgan fingerprint density at radius 2 is 1.85 bits per heavy atom. The highest BCUT2D eigenvalue weighted by atomic mass is 35.5. The van der Waals surface area contributed by atoms with Gasteiger partial charge < -0.3 is 14.8 Å². The van der Waals surface area contributed by atoms with E-state index in [9.17, 15) is 4.79 Å². The van der Waals surface area contributed by atoms with Crippen molar-refractivity contribution in [2.24, 2.45) is 0 Å². The molecule has 4 nitrogen and oxygen atoms in total. The first-order chi connectivity index (χ1) is 12.6. The Hall–Kier alpha value is -2.20. The number of aryl methyl sites for hydroxylation is 1. The zero-order chi connectivity index (χ0) is 18.8. The molecule has 0 aliphatic heterocycles. The van der Waals surface area contributed by atoms with Crippen LogP contribution in [-0.4, -0.2) is 25.2 Å². The third kappa shape index (κ3) is 6.26. The quantitative estimate of drug-likeness (QED) is 0.615. The predicted octanol–water partition coefficient (Wildman–Crippen LogP) is 4.65. The molecule has 0 bridgehead atoms. The van der Waals surface area contributed by atoms with Crippen LogP contribution in [0.15, 0.2) is 48.5 Å². The van der Waals surface area contributed by atoms with Crippen molar-refractivity contribution in [3.8, 4) is 11.5 Å². The summed E-state index contributed by atoms with van der Waals surface area (Å²) in [6, 6.07) is 15.2. The smallest absolute Gasteiger partial charge is 0.261 e. The summed E-state index contributed by atoms with van der Waals surface area (Å²) in [4.78, 5) is 12.3. The number of rotatable bonds is 10. The summed E-state index contributed by atoms with van der Waals surface area (Å²) < 4.78 is 11.4. The van der Waals surface area contributed by atoms with E-state index in [2.05, 4.69) is 24.4 Å². The summed E-state index contributed by atoms with van der Waals surface area (Å²) in [5.41, 5.74) is 1.30. The lowest BCUT2D eigenvalue weighted by Gasteiger charge is -2.18. The molecule has 5 heteroatoms. The van der Waals surface area contributed by atoms with Crippen LogP contribution >= 0.6 is 11.6 Å². The fourth-order valence-electron chi connectivity index (χ4n) is 2.51. The fourth-order valence-corrected chi connectivity index (χ4v) is 2.69. The van der Waals surface area contributed by atoms with Crippen molar-refractivity contribution in [2.75, 3.05) is 13.2 Å². The summed E-state index contributed by atoms with van der Waals surface area (Å²) in [6.07, 6.45) is 2.17. The van der Waals surface area contributed by atoms with Crippen LogP contribution in [-0.2, 0) is 11.2 Å². The van der Waals surface area contributed by atoms with Crippen molar-refractivity contribution in [1.82, 2.24) is 5.32 Å². The van der Waals surface area contributed by atoms with Crippen LogP contribution in [0.1, 0.15) is 32.3 Å². The van der Waals surface area contributed by atoms with Gasteiger partial charge in [0.1, 0.15) is 18.1 Å². The highest BCUT2D eigenvalue weighted by molar-refractivity contribution is 6.32. The van der Waals surface area contributed by atoms with Gasteiger partial charge in [-0.3, -0.25) is 4.79 Å². The van der Waals surface area contributed by atoms with Crippen molar-refractivity contribution in [2.45, 2.75) is 39.2 Å². The van der Waals surface area contributed by atoms with Gasteiger partial charge in [-0.25, -0.2) is 0 Å². The van der Waals surface area contributed by atoms with Gasteiger partial charge >= 0.3 is 0 Å². The summed E-state index contributed by atoms with van der Waals surface area (Å²) in [5.74, 6) is 1.15. The van der Waals surface area contributed by atoms with E-state index in [1.165, 1.54) is 5.56 Å². The lowest BCUT2D eigenvalue weighted by molar-refractivity contribution is -0.128. The molecule has 2 rings (SSSR count). The third-order valence-corrected chi connectivity index (χ3v) is 4.21. The van der Waals surface area contributed by atoms with Gasteiger partial charge in [-0.1, -0.05) is 56.1 Å². The van der Waals surface area contributed by atoms with Crippen LogP contribution in [0.2, 0.25) is 5.02 Å². The normalized spacial score (nSPS) is 11.7. The average Bonchev–Trinajstić information content (AvgIpc) is 2.66. The maximum absolute atomic E-state index is 12.3. The molecule has 0 aliphatic carbocycles. The molecule has 0 aliphatic rings. The molecule has 26 heavy (non-hydrogen) atoms. The lowest BCUT2D eigenvalue weighted by atomic mass is 10.1. The van der Waals surface area contributed by atoms with Crippen LogP contribution in [0.25, 0.3) is 0 Å². The first-order valence-electron chi connectivity index (χ1n) is 9.04. The minimum absolute atomic E-state index is 0.172. The van der Waals surface area contributed by atoms with E-state index in [-0.39, 0.29) is 5.91 Å². The molecule has 140 valence electrons. The molecule has 1 atom stereocenters. The van der Waals surface area contributed by atoms with Crippen molar-refractivity contribution in [3.05, 3.63) is 59.1 Å². The SMILES string of the molecule is CCCc1ccc(OCCNC(=O)[C@H](CC)Oc2ccccc2Cl)cc1. The number of carbonyl (C=O) groups excluding carboxylic acids is 1. The molecular formula is C21H26ClNO3. The molecule has 0 spiro atoms. The summed E-state index contributed by atoms with van der Waals surface area (Å²) in [5, 5.41) is 3.34. The summed E-state index contributed by atoms with van der Waals surface area (Å²) >= 11 is 6.08. The molecular weight excluding hydrogens is 350 g/mol. The first kappa shape index (κ1) is 20.1. The standard InChI is InChI=1S/C21H26ClNO3/c1-3-7-16-10-12-17(13-11-16)25-15-14-23-21(24)19(4-2)26-20-9-6-5-8-18(20)22/h5-6,8-13,19H,3-4,7,14-15H2,1-2H3,(H,23,24)/t19-/m0/s1. The van der Waals surface area contributed by atoms with Gasteiger partial charge in [-0.05, 0) is 42.7 Å². The third-order valence-electron chi connectivity index (χ3n) is 3.90. The minimum atomic E-state index is -0.580. The zero-order valence-electron chi connectivity index (χ0n) is 15.3. The highest BCUT2D eigenvalue weighted by Gasteiger charge is 2.18. The van der Waals surface area contributed by atoms with E-state index >= 15 is 0 Å². The molecule has 0 radical (unpaired) electrons. The molecule has 1 amide bonds. The maximum atomic E-state index is 12.3. The van der Waals surface area contributed by atoms with Gasteiger partial charge in [0, 0.05) is 0 Å². The minimum Gasteiger partial charge on any atom is -0.492 e. The molecule has 0 saturated heterocycles. The average molecular weight is 376 g/mol. The van der Waals surface area contributed by atoms with Crippen LogP contribution in [0, 0.1) is 0 Å². The molecule has 0 aromatic heterocycles. The molecule has 0 saturated carbocycles. The Bertz CT molecular complexity index is 688. The molecule has 2 aromatic rings. The Balaban J connectivity index is 1.75.